The van der Waals surface area contributed by atoms with Gasteiger partial charge in [-0.1, -0.05) is 6.07 Å². The summed E-state index contributed by atoms with van der Waals surface area (Å²) in [4.78, 5) is 19.6. The third kappa shape index (κ3) is 5.59. The fourth-order valence-electron chi connectivity index (χ4n) is 3.84. The first kappa shape index (κ1) is 26.5. The van der Waals surface area contributed by atoms with Gasteiger partial charge in [-0.25, -0.2) is 21.6 Å². The van der Waals surface area contributed by atoms with E-state index in [9.17, 15) is 39.6 Å². The highest BCUT2D eigenvalue weighted by molar-refractivity contribution is 7.89. The molecular weight excluding hydrogens is 526 g/mol. The smallest absolute Gasteiger partial charge is 0.349 e. The summed E-state index contributed by atoms with van der Waals surface area (Å²) in [5.41, 5.74) is -1.19. The first-order chi connectivity index (χ1) is 17.4. The fourth-order valence-corrected chi connectivity index (χ4v) is 5.46. The van der Waals surface area contributed by atoms with Crippen molar-refractivity contribution in [3.8, 4) is 11.1 Å². The quantitative estimate of drug-likeness (QED) is 0.476. The summed E-state index contributed by atoms with van der Waals surface area (Å²) in [5, 5.41) is 2.37. The maximum absolute atomic E-state index is 14.6. The molecule has 7 nitrogen and oxygen atoms in total. The van der Waals surface area contributed by atoms with Crippen LogP contribution in [-0.4, -0.2) is 47.4 Å². The number of benzene rings is 1. The topological polar surface area (TPSA) is 92.3 Å². The molecule has 1 saturated heterocycles. The summed E-state index contributed by atoms with van der Waals surface area (Å²) >= 11 is 0. The van der Waals surface area contributed by atoms with Crippen molar-refractivity contribution in [3.05, 3.63) is 77.9 Å². The molecule has 14 heteroatoms. The predicted octanol–water partition coefficient (Wildman–Crippen LogP) is 3.86. The van der Waals surface area contributed by atoms with Crippen molar-refractivity contribution in [1.82, 2.24) is 19.6 Å². The Hall–Kier alpha value is -3.52. The SMILES string of the molecule is O=C(NCc1cc(-c2ccc(C(F)(F)F)nc2)c(F)cn1)[C@@H]1[C@@H](F)CCN1S(=O)(=O)c1ccc(F)cc1. The van der Waals surface area contributed by atoms with Gasteiger partial charge in [0.25, 0.3) is 0 Å². The summed E-state index contributed by atoms with van der Waals surface area (Å²) in [6.45, 7) is -0.632. The Kier molecular flexibility index (Phi) is 7.24. The summed E-state index contributed by atoms with van der Waals surface area (Å²) < 4.78 is 107. The van der Waals surface area contributed by atoms with Crippen LogP contribution in [0.3, 0.4) is 0 Å². The zero-order valence-electron chi connectivity index (χ0n) is 18.7. The zero-order chi connectivity index (χ0) is 27.0. The minimum atomic E-state index is -4.67. The molecule has 0 spiro atoms. The number of pyridine rings is 2. The average Bonchev–Trinajstić information content (AvgIpc) is 3.25. The number of carbonyl (C=O) groups excluding carboxylic acids is 1. The normalized spacial score (nSPS) is 18.6. The lowest BCUT2D eigenvalue weighted by Gasteiger charge is -2.24. The Balaban J connectivity index is 1.50. The molecule has 0 aliphatic carbocycles. The summed E-state index contributed by atoms with van der Waals surface area (Å²) in [6, 6.07) is 5.05. The van der Waals surface area contributed by atoms with Gasteiger partial charge in [-0.3, -0.25) is 14.8 Å². The number of hydrogen-bond acceptors (Lipinski definition) is 5. The fraction of sp³-hybridized carbons (Fsp3) is 0.261. The van der Waals surface area contributed by atoms with E-state index in [1.807, 2.05) is 0 Å². The number of nitrogens with one attached hydrogen (secondary N) is 1. The van der Waals surface area contributed by atoms with E-state index >= 15 is 0 Å². The van der Waals surface area contributed by atoms with Gasteiger partial charge in [0.2, 0.25) is 15.9 Å². The molecular formula is C23H18F6N4O3S. The van der Waals surface area contributed by atoms with Crippen LogP contribution in [0.2, 0.25) is 0 Å². The minimum absolute atomic E-state index is 0.0247. The lowest BCUT2D eigenvalue weighted by Crippen LogP contribution is -2.49. The van der Waals surface area contributed by atoms with Crippen molar-refractivity contribution in [3.63, 3.8) is 0 Å². The van der Waals surface area contributed by atoms with Gasteiger partial charge >= 0.3 is 6.18 Å². The van der Waals surface area contributed by atoms with Crippen LogP contribution in [0.1, 0.15) is 17.8 Å². The Morgan fingerprint density at radius 3 is 2.38 bits per heavy atom. The van der Waals surface area contributed by atoms with Gasteiger partial charge in [-0.05, 0) is 42.8 Å². The number of sulfonamides is 1. The molecule has 0 saturated carbocycles. The number of carbonyl (C=O) groups is 1. The van der Waals surface area contributed by atoms with E-state index in [0.717, 1.165) is 42.7 Å². The standard InChI is InChI=1S/C23H18F6N4O3S/c24-14-2-4-16(5-3-14)37(35,36)33-8-7-18(25)21(33)22(34)32-11-15-9-17(19(26)12-30-15)13-1-6-20(31-10-13)23(27,28)29/h1-6,9-10,12,18,21H,7-8,11H2,(H,32,34)/t18-,21-/m0/s1. The van der Waals surface area contributed by atoms with Gasteiger partial charge in [0.15, 0.2) is 0 Å². The number of halogens is 6. The molecule has 1 N–H and O–H groups in total. The van der Waals surface area contributed by atoms with Crippen LogP contribution in [0, 0.1) is 11.6 Å². The number of hydrogen-bond donors (Lipinski definition) is 1. The molecule has 3 aromatic rings. The monoisotopic (exact) mass is 544 g/mol. The molecule has 2 aromatic heterocycles. The molecule has 4 rings (SSSR count). The third-order valence-electron chi connectivity index (χ3n) is 5.69. The number of amides is 1. The minimum Gasteiger partial charge on any atom is -0.349 e. The van der Waals surface area contributed by atoms with Crippen LogP contribution in [0.4, 0.5) is 26.3 Å². The number of alkyl halides is 4. The van der Waals surface area contributed by atoms with Crippen molar-refractivity contribution in [2.45, 2.75) is 36.3 Å². The molecule has 37 heavy (non-hydrogen) atoms. The van der Waals surface area contributed by atoms with Crippen LogP contribution in [-0.2, 0) is 27.5 Å². The van der Waals surface area contributed by atoms with E-state index < -0.39 is 51.6 Å². The van der Waals surface area contributed by atoms with Crippen molar-refractivity contribution in [2.75, 3.05) is 6.54 Å². The molecule has 3 heterocycles. The number of rotatable bonds is 6. The maximum atomic E-state index is 14.6. The van der Waals surface area contributed by atoms with E-state index in [0.29, 0.717) is 10.4 Å². The van der Waals surface area contributed by atoms with E-state index in [2.05, 4.69) is 15.3 Å². The predicted molar refractivity (Wildman–Crippen MR) is 118 cm³/mol. The Morgan fingerprint density at radius 1 is 1.05 bits per heavy atom. The van der Waals surface area contributed by atoms with Gasteiger partial charge in [-0.15, -0.1) is 0 Å². The Labute approximate surface area is 207 Å². The molecule has 1 aliphatic heterocycles. The second-order valence-corrected chi connectivity index (χ2v) is 10.0. The van der Waals surface area contributed by atoms with E-state index in [4.69, 9.17) is 0 Å². The summed E-state index contributed by atoms with van der Waals surface area (Å²) in [5.74, 6) is -2.50. The zero-order valence-corrected chi connectivity index (χ0v) is 19.5. The Bertz CT molecular complexity index is 1400. The average molecular weight is 544 g/mol. The molecule has 0 unspecified atom stereocenters. The first-order valence-corrected chi connectivity index (χ1v) is 12.2. The second kappa shape index (κ2) is 10.1. The molecule has 1 fully saturated rings. The van der Waals surface area contributed by atoms with Crippen LogP contribution < -0.4 is 5.32 Å². The molecule has 0 bridgehead atoms. The van der Waals surface area contributed by atoms with Crippen LogP contribution in [0.15, 0.2) is 59.8 Å². The van der Waals surface area contributed by atoms with Gasteiger partial charge in [-0.2, -0.15) is 17.5 Å². The summed E-state index contributed by atoms with van der Waals surface area (Å²) in [6.07, 6.45) is -5.08. The van der Waals surface area contributed by atoms with Gasteiger partial charge in [0.1, 0.15) is 29.5 Å². The number of nitrogens with zero attached hydrogens (tertiary/aromatic N) is 3. The highest BCUT2D eigenvalue weighted by Crippen LogP contribution is 2.31. The largest absolute Gasteiger partial charge is 0.433 e. The van der Waals surface area contributed by atoms with E-state index in [1.165, 1.54) is 6.07 Å². The first-order valence-electron chi connectivity index (χ1n) is 10.7. The van der Waals surface area contributed by atoms with Crippen LogP contribution in [0.5, 0.6) is 0 Å². The van der Waals surface area contributed by atoms with Gasteiger partial charge in [0.05, 0.1) is 23.3 Å². The van der Waals surface area contributed by atoms with Crippen molar-refractivity contribution >= 4 is 15.9 Å². The molecule has 2 atom stereocenters. The van der Waals surface area contributed by atoms with E-state index in [-0.39, 0.29) is 41.2 Å². The second-order valence-electron chi connectivity index (χ2n) is 8.12. The molecule has 1 amide bonds. The maximum Gasteiger partial charge on any atom is 0.433 e. The van der Waals surface area contributed by atoms with Gasteiger partial charge < -0.3 is 5.32 Å². The third-order valence-corrected chi connectivity index (χ3v) is 7.58. The lowest BCUT2D eigenvalue weighted by atomic mass is 10.1. The van der Waals surface area contributed by atoms with Crippen molar-refractivity contribution in [1.29, 1.82) is 0 Å². The molecule has 1 aromatic carbocycles. The van der Waals surface area contributed by atoms with Crippen LogP contribution in [0.25, 0.3) is 11.1 Å². The van der Waals surface area contributed by atoms with Crippen LogP contribution >= 0.6 is 0 Å². The molecule has 0 radical (unpaired) electrons. The van der Waals surface area contributed by atoms with Crippen molar-refractivity contribution in [2.24, 2.45) is 0 Å². The highest BCUT2D eigenvalue weighted by atomic mass is 32.2. The highest BCUT2D eigenvalue weighted by Gasteiger charge is 2.46. The Morgan fingerprint density at radius 2 is 1.76 bits per heavy atom. The molecule has 1 aliphatic rings. The summed E-state index contributed by atoms with van der Waals surface area (Å²) in [7, 11) is -4.31. The number of aromatic nitrogens is 2. The van der Waals surface area contributed by atoms with Gasteiger partial charge in [0, 0.05) is 23.9 Å². The van der Waals surface area contributed by atoms with Crippen molar-refractivity contribution < 1.29 is 39.6 Å². The lowest BCUT2D eigenvalue weighted by molar-refractivity contribution is -0.141. The van der Waals surface area contributed by atoms with E-state index in [1.54, 1.807) is 0 Å². The molecule has 196 valence electrons.